The quantitative estimate of drug-likeness (QED) is 0.534. The Morgan fingerprint density at radius 3 is 2.50 bits per heavy atom. The normalized spacial score (nSPS) is 24.7. The SMILES string of the molecule is COC(=O)C1=C(O)[C@@H]2CN(C(=O)OC(C)(C)C)CC2NC1=O. The van der Waals surface area contributed by atoms with Gasteiger partial charge in [-0.3, -0.25) is 4.79 Å². The molecule has 2 aliphatic heterocycles. The molecule has 122 valence electrons. The molecule has 22 heavy (non-hydrogen) atoms. The summed E-state index contributed by atoms with van der Waals surface area (Å²) in [4.78, 5) is 36.9. The van der Waals surface area contributed by atoms with E-state index in [9.17, 15) is 19.5 Å². The minimum absolute atomic E-state index is 0.159. The molecule has 2 amide bonds. The fourth-order valence-corrected chi connectivity index (χ4v) is 2.54. The summed E-state index contributed by atoms with van der Waals surface area (Å²) < 4.78 is 9.77. The number of ether oxygens (including phenoxy) is 2. The molecule has 0 aromatic heterocycles. The van der Waals surface area contributed by atoms with Crippen molar-refractivity contribution in [3.05, 3.63) is 11.3 Å². The number of nitrogens with one attached hydrogen (secondary N) is 1. The number of carbonyl (C=O) groups is 3. The number of rotatable bonds is 1. The van der Waals surface area contributed by atoms with Crippen LogP contribution in [-0.4, -0.2) is 59.8 Å². The first-order valence-electron chi connectivity index (χ1n) is 6.94. The Bertz CT molecular complexity index is 548. The third-order valence-corrected chi connectivity index (χ3v) is 3.51. The summed E-state index contributed by atoms with van der Waals surface area (Å²) >= 11 is 0. The maximum Gasteiger partial charge on any atom is 0.410 e. The van der Waals surface area contributed by atoms with E-state index >= 15 is 0 Å². The minimum Gasteiger partial charge on any atom is -0.511 e. The van der Waals surface area contributed by atoms with E-state index in [4.69, 9.17) is 4.74 Å². The molecule has 0 aromatic carbocycles. The van der Waals surface area contributed by atoms with E-state index in [1.54, 1.807) is 20.8 Å². The van der Waals surface area contributed by atoms with E-state index in [1.807, 2.05) is 0 Å². The van der Waals surface area contributed by atoms with Gasteiger partial charge in [0.15, 0.2) is 5.57 Å². The summed E-state index contributed by atoms with van der Waals surface area (Å²) in [5.41, 5.74) is -1.04. The Labute approximate surface area is 128 Å². The van der Waals surface area contributed by atoms with Crippen LogP contribution >= 0.6 is 0 Å². The second-order valence-electron chi connectivity index (χ2n) is 6.32. The summed E-state index contributed by atoms with van der Waals surface area (Å²) in [6.07, 6.45) is -0.524. The van der Waals surface area contributed by atoms with Crippen molar-refractivity contribution in [1.29, 1.82) is 0 Å². The number of carbonyl (C=O) groups excluding carboxylic acids is 3. The molecule has 8 nitrogen and oxygen atoms in total. The van der Waals surface area contributed by atoms with Crippen LogP contribution < -0.4 is 5.32 Å². The number of amides is 2. The highest BCUT2D eigenvalue weighted by atomic mass is 16.6. The molecule has 2 heterocycles. The van der Waals surface area contributed by atoms with E-state index in [1.165, 1.54) is 4.90 Å². The van der Waals surface area contributed by atoms with Gasteiger partial charge in [0, 0.05) is 13.1 Å². The molecule has 1 saturated heterocycles. The lowest BCUT2D eigenvalue weighted by Crippen LogP contribution is -2.48. The Morgan fingerprint density at radius 2 is 1.95 bits per heavy atom. The maximum atomic E-state index is 12.1. The van der Waals surface area contributed by atoms with Gasteiger partial charge in [0.1, 0.15) is 11.4 Å². The molecule has 0 radical (unpaired) electrons. The van der Waals surface area contributed by atoms with Crippen LogP contribution in [0, 0.1) is 5.92 Å². The molecule has 2 rings (SSSR count). The Balaban J connectivity index is 2.18. The van der Waals surface area contributed by atoms with Crippen molar-refractivity contribution in [1.82, 2.24) is 10.2 Å². The number of methoxy groups -OCH3 is 1. The maximum absolute atomic E-state index is 12.1. The van der Waals surface area contributed by atoms with Crippen LogP contribution in [-0.2, 0) is 19.1 Å². The van der Waals surface area contributed by atoms with Gasteiger partial charge < -0.3 is 24.8 Å². The fraction of sp³-hybridized carbons (Fsp3) is 0.643. The lowest BCUT2D eigenvalue weighted by atomic mass is 9.93. The lowest BCUT2D eigenvalue weighted by molar-refractivity contribution is -0.139. The van der Waals surface area contributed by atoms with Crippen LogP contribution in [0.15, 0.2) is 11.3 Å². The number of aliphatic hydroxyl groups is 1. The lowest BCUT2D eigenvalue weighted by Gasteiger charge is -2.25. The molecule has 0 aliphatic carbocycles. The van der Waals surface area contributed by atoms with Gasteiger partial charge in [0.05, 0.1) is 19.1 Å². The number of fused-ring (bicyclic) bond motifs is 1. The standard InChI is InChI=1S/C14H20N2O6/c1-14(2,3)22-13(20)16-5-7-8(6-16)15-11(18)9(10(7)17)12(19)21-4/h7-8,17H,5-6H2,1-4H3,(H,15,18)/t7-,8?/m1/s1. The van der Waals surface area contributed by atoms with Crippen LogP contribution in [0.4, 0.5) is 4.79 Å². The van der Waals surface area contributed by atoms with Gasteiger partial charge in [-0.1, -0.05) is 0 Å². The van der Waals surface area contributed by atoms with Gasteiger partial charge in [-0.15, -0.1) is 0 Å². The third kappa shape index (κ3) is 3.00. The number of likely N-dealkylation sites (tertiary alicyclic amines) is 1. The molecule has 0 aromatic rings. The number of nitrogens with zero attached hydrogens (tertiary/aromatic N) is 1. The molecule has 1 fully saturated rings. The predicted octanol–water partition coefficient (Wildman–Crippen LogP) is 0.337. The molecule has 0 saturated carbocycles. The first-order valence-corrected chi connectivity index (χ1v) is 6.94. The molecular weight excluding hydrogens is 292 g/mol. The first kappa shape index (κ1) is 16.1. The number of esters is 1. The molecule has 8 heteroatoms. The van der Waals surface area contributed by atoms with Crippen molar-refractivity contribution in [2.45, 2.75) is 32.4 Å². The van der Waals surface area contributed by atoms with Gasteiger partial charge in [-0.2, -0.15) is 0 Å². The number of hydrogen-bond donors (Lipinski definition) is 2. The zero-order valence-electron chi connectivity index (χ0n) is 13.0. The largest absolute Gasteiger partial charge is 0.511 e. The van der Waals surface area contributed by atoms with Crippen LogP contribution in [0.3, 0.4) is 0 Å². The molecule has 2 N–H and O–H groups in total. The van der Waals surface area contributed by atoms with E-state index in [0.717, 1.165) is 7.11 Å². The third-order valence-electron chi connectivity index (χ3n) is 3.51. The Morgan fingerprint density at radius 1 is 1.32 bits per heavy atom. The fourth-order valence-electron chi connectivity index (χ4n) is 2.54. The molecule has 0 bridgehead atoms. The molecule has 2 aliphatic rings. The van der Waals surface area contributed by atoms with Gasteiger partial charge >= 0.3 is 12.1 Å². The van der Waals surface area contributed by atoms with E-state index < -0.39 is 41.1 Å². The second-order valence-corrected chi connectivity index (χ2v) is 6.32. The van der Waals surface area contributed by atoms with Crippen molar-refractivity contribution < 1.29 is 29.0 Å². The van der Waals surface area contributed by atoms with Gasteiger partial charge in [0.25, 0.3) is 5.91 Å². The summed E-state index contributed by atoms with van der Waals surface area (Å²) in [5.74, 6) is -2.48. The van der Waals surface area contributed by atoms with Crippen molar-refractivity contribution in [3.8, 4) is 0 Å². The summed E-state index contributed by atoms with van der Waals surface area (Å²) in [6, 6.07) is -0.451. The monoisotopic (exact) mass is 312 g/mol. The van der Waals surface area contributed by atoms with Crippen LogP contribution in [0.1, 0.15) is 20.8 Å². The summed E-state index contributed by atoms with van der Waals surface area (Å²) in [7, 11) is 1.13. The van der Waals surface area contributed by atoms with E-state index in [0.29, 0.717) is 0 Å². The zero-order chi connectivity index (χ0) is 16.7. The Kier molecular flexibility index (Phi) is 4.04. The van der Waals surface area contributed by atoms with Crippen molar-refractivity contribution in [2.24, 2.45) is 5.92 Å². The summed E-state index contributed by atoms with van der Waals surface area (Å²) in [6.45, 7) is 5.63. The molecule has 2 atom stereocenters. The summed E-state index contributed by atoms with van der Waals surface area (Å²) in [5, 5.41) is 12.8. The van der Waals surface area contributed by atoms with Gasteiger partial charge in [-0.25, -0.2) is 9.59 Å². The van der Waals surface area contributed by atoms with Crippen molar-refractivity contribution in [2.75, 3.05) is 20.2 Å². The highest BCUT2D eigenvalue weighted by Crippen LogP contribution is 2.30. The van der Waals surface area contributed by atoms with Crippen molar-refractivity contribution >= 4 is 18.0 Å². The number of hydrogen-bond acceptors (Lipinski definition) is 6. The van der Waals surface area contributed by atoms with Crippen molar-refractivity contribution in [3.63, 3.8) is 0 Å². The van der Waals surface area contributed by atoms with Crippen LogP contribution in [0.25, 0.3) is 0 Å². The highest BCUT2D eigenvalue weighted by Gasteiger charge is 2.46. The van der Waals surface area contributed by atoms with Crippen LogP contribution in [0.2, 0.25) is 0 Å². The smallest absolute Gasteiger partial charge is 0.410 e. The van der Waals surface area contributed by atoms with Gasteiger partial charge in [0.2, 0.25) is 0 Å². The topological polar surface area (TPSA) is 105 Å². The average molecular weight is 312 g/mol. The van der Waals surface area contributed by atoms with E-state index in [-0.39, 0.29) is 18.8 Å². The predicted molar refractivity (Wildman–Crippen MR) is 74.9 cm³/mol. The molecular formula is C14H20N2O6. The van der Waals surface area contributed by atoms with E-state index in [2.05, 4.69) is 10.1 Å². The molecule has 0 spiro atoms. The van der Waals surface area contributed by atoms with Gasteiger partial charge in [-0.05, 0) is 20.8 Å². The van der Waals surface area contributed by atoms with Crippen LogP contribution in [0.5, 0.6) is 0 Å². The zero-order valence-corrected chi connectivity index (χ0v) is 13.0. The Hall–Kier alpha value is -2.25. The minimum atomic E-state index is -0.899. The number of aliphatic hydroxyl groups excluding tert-OH is 1. The second kappa shape index (κ2) is 5.51. The highest BCUT2D eigenvalue weighted by molar-refractivity contribution is 6.17. The average Bonchev–Trinajstić information content (AvgIpc) is 2.80. The molecule has 1 unspecified atom stereocenters. The first-order chi connectivity index (χ1) is 10.1.